The Kier molecular flexibility index (Phi) is 10.1. The predicted octanol–water partition coefficient (Wildman–Crippen LogP) is 4.72. The molecule has 41 heavy (non-hydrogen) atoms. The molecule has 0 saturated carbocycles. The van der Waals surface area contributed by atoms with Crippen LogP contribution in [-0.2, 0) is 6.42 Å². The lowest BCUT2D eigenvalue weighted by Crippen LogP contribution is -2.46. The second-order valence-electron chi connectivity index (χ2n) is 9.46. The molecule has 0 radical (unpaired) electrons. The van der Waals surface area contributed by atoms with E-state index in [2.05, 4.69) is 55.5 Å². The number of benzene rings is 2. The smallest absolute Gasteiger partial charge is 0.327 e. The average molecular weight is 581 g/mol. The topological polar surface area (TPSA) is 121 Å². The first kappa shape index (κ1) is 29.8. The molecule has 11 nitrogen and oxygen atoms in total. The number of methoxy groups -OCH3 is 2. The molecule has 12 heteroatoms. The number of hydrogen-bond donors (Lipinski definition) is 3. The number of halogens is 1. The molecule has 0 unspecified atom stereocenters. The number of nitrogens with one attached hydrogen (secondary N) is 2. The number of urea groups is 1. The monoisotopic (exact) mass is 580 g/mol. The van der Waals surface area contributed by atoms with Crippen LogP contribution in [0.25, 0.3) is 0 Å². The van der Waals surface area contributed by atoms with Crippen LogP contribution in [0.5, 0.6) is 11.5 Å². The standard InChI is InChI=1S/C29H37ClN8O3/c1-5-37-11-13-38(14-12-37)21-8-9-23(20(15-21)7-6-10-31)34-26-18-27(33-19-32-26)36(2)29(39)35-24-16-22(40-3)17-25(41-4)28(24)30/h6,8-10,15-19H,5,7,11-14,31H2,1-4H3,(H,35,39)(H,32,33,34). The Balaban J connectivity index is 1.51. The van der Waals surface area contributed by atoms with Gasteiger partial charge in [0.2, 0.25) is 0 Å². The number of rotatable bonds is 10. The fourth-order valence-corrected chi connectivity index (χ4v) is 4.79. The molecule has 2 amide bonds. The van der Waals surface area contributed by atoms with E-state index in [1.165, 1.54) is 31.1 Å². The second kappa shape index (κ2) is 13.9. The van der Waals surface area contributed by atoms with Gasteiger partial charge in [0.1, 0.15) is 34.5 Å². The zero-order valence-corrected chi connectivity index (χ0v) is 24.6. The molecular formula is C29H37ClN8O3. The van der Waals surface area contributed by atoms with Crippen molar-refractivity contribution in [2.24, 2.45) is 5.73 Å². The van der Waals surface area contributed by atoms with Crippen molar-refractivity contribution < 1.29 is 14.3 Å². The van der Waals surface area contributed by atoms with Gasteiger partial charge in [-0.3, -0.25) is 4.90 Å². The number of carbonyl (C=O) groups excluding carboxylic acids is 1. The lowest BCUT2D eigenvalue weighted by Gasteiger charge is -2.35. The number of nitrogens with zero attached hydrogens (tertiary/aromatic N) is 5. The van der Waals surface area contributed by atoms with Gasteiger partial charge in [0.15, 0.2) is 0 Å². The fraction of sp³-hybridized carbons (Fsp3) is 0.345. The number of ether oxygens (including phenoxy) is 2. The zero-order chi connectivity index (χ0) is 29.4. The number of carbonyl (C=O) groups is 1. The molecule has 2 heterocycles. The van der Waals surface area contributed by atoms with Crippen molar-refractivity contribution in [2.75, 3.05) is 74.4 Å². The van der Waals surface area contributed by atoms with E-state index >= 15 is 0 Å². The van der Waals surface area contributed by atoms with Crippen molar-refractivity contribution in [2.45, 2.75) is 13.3 Å². The number of amides is 2. The minimum absolute atomic E-state index is 0.259. The van der Waals surface area contributed by atoms with Gasteiger partial charge in [0, 0.05) is 62.8 Å². The lowest BCUT2D eigenvalue weighted by atomic mass is 10.1. The SMILES string of the molecule is CCN1CCN(c2ccc(Nc3cc(N(C)C(=O)Nc4cc(OC)cc(OC)c4Cl)ncn3)c(CC=CN)c2)CC1. The first-order valence-corrected chi connectivity index (χ1v) is 13.8. The molecule has 4 rings (SSSR count). The molecule has 0 spiro atoms. The molecule has 4 N–H and O–H groups in total. The van der Waals surface area contributed by atoms with Crippen molar-refractivity contribution in [1.82, 2.24) is 14.9 Å². The highest BCUT2D eigenvalue weighted by molar-refractivity contribution is 6.35. The summed E-state index contributed by atoms with van der Waals surface area (Å²) < 4.78 is 10.6. The Morgan fingerprint density at radius 1 is 1.10 bits per heavy atom. The summed E-state index contributed by atoms with van der Waals surface area (Å²) in [6, 6.07) is 10.9. The number of aromatic nitrogens is 2. The van der Waals surface area contributed by atoms with Crippen LogP contribution in [0.15, 0.2) is 55.0 Å². The first-order chi connectivity index (χ1) is 19.9. The number of anilines is 5. The van der Waals surface area contributed by atoms with Crippen LogP contribution < -0.4 is 35.6 Å². The van der Waals surface area contributed by atoms with Gasteiger partial charge in [-0.15, -0.1) is 0 Å². The largest absolute Gasteiger partial charge is 0.497 e. The third-order valence-corrected chi connectivity index (χ3v) is 7.41. The molecule has 218 valence electrons. The normalized spacial score (nSPS) is 13.7. The molecule has 2 aromatic carbocycles. The lowest BCUT2D eigenvalue weighted by molar-refractivity contribution is 0.258. The third kappa shape index (κ3) is 7.30. The van der Waals surface area contributed by atoms with E-state index in [9.17, 15) is 4.79 Å². The van der Waals surface area contributed by atoms with E-state index in [-0.39, 0.29) is 5.02 Å². The molecule has 0 bridgehead atoms. The van der Waals surface area contributed by atoms with Crippen molar-refractivity contribution in [1.29, 1.82) is 0 Å². The van der Waals surface area contributed by atoms with Gasteiger partial charge in [0.25, 0.3) is 0 Å². The summed E-state index contributed by atoms with van der Waals surface area (Å²) in [5.74, 6) is 1.80. The van der Waals surface area contributed by atoms with Gasteiger partial charge < -0.3 is 35.6 Å². The van der Waals surface area contributed by atoms with Gasteiger partial charge in [0.05, 0.1) is 19.9 Å². The summed E-state index contributed by atoms with van der Waals surface area (Å²) in [6.45, 7) is 7.36. The van der Waals surface area contributed by atoms with Crippen molar-refractivity contribution in [3.63, 3.8) is 0 Å². The predicted molar refractivity (Wildman–Crippen MR) is 165 cm³/mol. The highest BCUT2D eigenvalue weighted by Crippen LogP contribution is 2.37. The van der Waals surface area contributed by atoms with E-state index in [1.54, 1.807) is 31.4 Å². The Bertz CT molecular complexity index is 1380. The third-order valence-electron chi connectivity index (χ3n) is 7.02. The van der Waals surface area contributed by atoms with Gasteiger partial charge in [-0.1, -0.05) is 24.6 Å². The van der Waals surface area contributed by atoms with E-state index in [4.69, 9.17) is 26.8 Å². The highest BCUT2D eigenvalue weighted by Gasteiger charge is 2.19. The molecule has 1 aliphatic heterocycles. The summed E-state index contributed by atoms with van der Waals surface area (Å²) in [5.41, 5.74) is 9.17. The van der Waals surface area contributed by atoms with E-state index < -0.39 is 6.03 Å². The molecule has 0 atom stereocenters. The minimum atomic E-state index is -0.451. The van der Waals surface area contributed by atoms with Gasteiger partial charge in [-0.05, 0) is 42.9 Å². The summed E-state index contributed by atoms with van der Waals surface area (Å²) >= 11 is 6.41. The Morgan fingerprint density at radius 3 is 2.56 bits per heavy atom. The molecule has 1 aliphatic rings. The van der Waals surface area contributed by atoms with Gasteiger partial charge in [-0.25, -0.2) is 14.8 Å². The maximum Gasteiger partial charge on any atom is 0.327 e. The van der Waals surface area contributed by atoms with Crippen LogP contribution in [-0.4, -0.2) is 74.9 Å². The van der Waals surface area contributed by atoms with Crippen molar-refractivity contribution in [3.05, 3.63) is 65.6 Å². The summed E-state index contributed by atoms with van der Waals surface area (Å²) in [6.07, 6.45) is 5.54. The highest BCUT2D eigenvalue weighted by atomic mass is 35.5. The zero-order valence-electron chi connectivity index (χ0n) is 23.9. The number of hydrogen-bond acceptors (Lipinski definition) is 9. The molecular weight excluding hydrogens is 544 g/mol. The van der Waals surface area contributed by atoms with Gasteiger partial charge >= 0.3 is 6.03 Å². The Morgan fingerprint density at radius 2 is 1.88 bits per heavy atom. The summed E-state index contributed by atoms with van der Waals surface area (Å²) in [5, 5.41) is 6.44. The molecule has 1 fully saturated rings. The van der Waals surface area contributed by atoms with E-state index in [0.29, 0.717) is 35.2 Å². The first-order valence-electron chi connectivity index (χ1n) is 13.4. The van der Waals surface area contributed by atoms with Crippen LogP contribution >= 0.6 is 11.6 Å². The minimum Gasteiger partial charge on any atom is -0.497 e. The Labute approximate surface area is 245 Å². The van der Waals surface area contributed by atoms with E-state index in [1.807, 2.05) is 6.08 Å². The number of likely N-dealkylation sites (N-methyl/N-ethyl adjacent to an activating group) is 1. The summed E-state index contributed by atoms with van der Waals surface area (Å²) in [4.78, 5) is 28.0. The maximum atomic E-state index is 13.1. The number of piperazine rings is 1. The van der Waals surface area contributed by atoms with Crippen LogP contribution in [0.2, 0.25) is 5.02 Å². The quantitative estimate of drug-likeness (QED) is 0.313. The number of allylic oxidation sites excluding steroid dienone is 1. The molecule has 3 aromatic rings. The van der Waals surface area contributed by atoms with Crippen LogP contribution in [0.3, 0.4) is 0 Å². The van der Waals surface area contributed by atoms with Crippen LogP contribution in [0.1, 0.15) is 12.5 Å². The van der Waals surface area contributed by atoms with Crippen molar-refractivity contribution in [3.8, 4) is 11.5 Å². The van der Waals surface area contributed by atoms with Crippen LogP contribution in [0, 0.1) is 0 Å². The second-order valence-corrected chi connectivity index (χ2v) is 9.84. The molecule has 1 aromatic heterocycles. The van der Waals surface area contributed by atoms with Crippen LogP contribution in [0.4, 0.5) is 33.5 Å². The average Bonchev–Trinajstić information content (AvgIpc) is 3.01. The summed E-state index contributed by atoms with van der Waals surface area (Å²) in [7, 11) is 4.62. The van der Waals surface area contributed by atoms with E-state index in [0.717, 1.165) is 44.0 Å². The molecule has 0 aliphatic carbocycles. The maximum absolute atomic E-state index is 13.1. The van der Waals surface area contributed by atoms with Gasteiger partial charge in [-0.2, -0.15) is 0 Å². The molecule has 1 saturated heterocycles. The fourth-order valence-electron chi connectivity index (χ4n) is 4.55. The number of nitrogens with two attached hydrogens (primary N) is 1. The Hall–Kier alpha value is -4.22. The van der Waals surface area contributed by atoms with Crippen molar-refractivity contribution >= 4 is 46.3 Å².